The molecule has 0 N–H and O–H groups in total. The van der Waals surface area contributed by atoms with Crippen LogP contribution >= 0.6 is 0 Å². The lowest BCUT2D eigenvalue weighted by Crippen LogP contribution is -2.37. The Kier molecular flexibility index (Phi) is 6.12. The molecule has 0 radical (unpaired) electrons. The van der Waals surface area contributed by atoms with Crippen LogP contribution in [0.1, 0.15) is 68.5 Å². The second-order valence-corrected chi connectivity index (χ2v) is 8.64. The fourth-order valence-electron chi connectivity index (χ4n) is 4.89. The SMILES string of the molecule is Cc1cc2n(n1)CCCN2C(=O)CCC(=O)CC1CCC(c2ccccc2)CC1. The molecule has 154 valence electrons. The molecule has 1 saturated carbocycles. The van der Waals surface area contributed by atoms with Crippen molar-refractivity contribution in [3.05, 3.63) is 47.7 Å². The number of aromatic nitrogens is 2. The molecule has 1 aromatic heterocycles. The van der Waals surface area contributed by atoms with Crippen LogP contribution < -0.4 is 4.90 Å². The minimum absolute atomic E-state index is 0.0481. The van der Waals surface area contributed by atoms with Gasteiger partial charge in [0.15, 0.2) is 0 Å². The first kappa shape index (κ1) is 19.9. The van der Waals surface area contributed by atoms with Crippen molar-refractivity contribution < 1.29 is 9.59 Å². The van der Waals surface area contributed by atoms with Gasteiger partial charge in [0.25, 0.3) is 0 Å². The Morgan fingerprint density at radius 3 is 2.55 bits per heavy atom. The zero-order valence-electron chi connectivity index (χ0n) is 17.3. The lowest BCUT2D eigenvalue weighted by Gasteiger charge is -2.29. The van der Waals surface area contributed by atoms with E-state index in [-0.39, 0.29) is 11.7 Å². The summed E-state index contributed by atoms with van der Waals surface area (Å²) >= 11 is 0. The first-order chi connectivity index (χ1) is 14.1. The van der Waals surface area contributed by atoms with E-state index in [1.807, 2.05) is 22.6 Å². The molecule has 29 heavy (non-hydrogen) atoms. The summed E-state index contributed by atoms with van der Waals surface area (Å²) in [5.41, 5.74) is 2.36. The van der Waals surface area contributed by atoms with Gasteiger partial charge in [-0.25, -0.2) is 4.68 Å². The summed E-state index contributed by atoms with van der Waals surface area (Å²) in [5, 5.41) is 4.44. The maximum absolute atomic E-state index is 12.7. The third-order valence-electron chi connectivity index (χ3n) is 6.46. The first-order valence-electron chi connectivity index (χ1n) is 11.0. The van der Waals surface area contributed by atoms with E-state index >= 15 is 0 Å². The van der Waals surface area contributed by atoms with Gasteiger partial charge in [0.05, 0.1) is 5.69 Å². The van der Waals surface area contributed by atoms with Crippen LogP contribution in [-0.4, -0.2) is 28.0 Å². The third-order valence-corrected chi connectivity index (χ3v) is 6.46. The molecule has 0 bridgehead atoms. The van der Waals surface area contributed by atoms with Gasteiger partial charge >= 0.3 is 0 Å². The second kappa shape index (κ2) is 8.93. The fraction of sp³-hybridized carbons (Fsp3) is 0.542. The molecule has 4 rings (SSSR count). The average molecular weight is 394 g/mol. The van der Waals surface area contributed by atoms with Gasteiger partial charge < -0.3 is 0 Å². The number of carbonyl (C=O) groups excluding carboxylic acids is 2. The molecule has 1 amide bonds. The number of amides is 1. The number of carbonyl (C=O) groups is 2. The van der Waals surface area contributed by atoms with Crippen molar-refractivity contribution in [3.63, 3.8) is 0 Å². The summed E-state index contributed by atoms with van der Waals surface area (Å²) in [6, 6.07) is 12.7. The normalized spacial score (nSPS) is 21.6. The quantitative estimate of drug-likeness (QED) is 0.718. The van der Waals surface area contributed by atoms with Gasteiger partial charge in [-0.05, 0) is 56.4 Å². The predicted octanol–water partition coefficient (Wildman–Crippen LogP) is 4.64. The highest BCUT2D eigenvalue weighted by molar-refractivity contribution is 5.95. The van der Waals surface area contributed by atoms with E-state index in [4.69, 9.17) is 0 Å². The van der Waals surface area contributed by atoms with Crippen molar-refractivity contribution in [3.8, 4) is 0 Å². The molecule has 0 spiro atoms. The van der Waals surface area contributed by atoms with Crippen molar-refractivity contribution in [1.82, 2.24) is 9.78 Å². The van der Waals surface area contributed by atoms with E-state index in [0.29, 0.717) is 31.1 Å². The standard InChI is InChI=1S/C24H31N3O2/c1-18-16-23-26(14-5-15-27(23)25-18)24(29)13-12-22(28)17-19-8-10-21(11-9-19)20-6-3-2-4-7-20/h2-4,6-7,16,19,21H,5,8-15,17H2,1H3. The molecule has 1 fully saturated rings. The van der Waals surface area contributed by atoms with E-state index < -0.39 is 0 Å². The number of benzene rings is 1. The van der Waals surface area contributed by atoms with Gasteiger partial charge in [0, 0.05) is 38.4 Å². The average Bonchev–Trinajstić information content (AvgIpc) is 3.13. The Balaban J connectivity index is 1.22. The molecule has 5 heteroatoms. The summed E-state index contributed by atoms with van der Waals surface area (Å²) < 4.78 is 1.91. The van der Waals surface area contributed by atoms with Crippen LogP contribution in [0.4, 0.5) is 5.82 Å². The Hall–Kier alpha value is -2.43. The van der Waals surface area contributed by atoms with E-state index in [9.17, 15) is 9.59 Å². The van der Waals surface area contributed by atoms with Crippen LogP contribution in [0.15, 0.2) is 36.4 Å². The number of aryl methyl sites for hydroxylation is 2. The van der Waals surface area contributed by atoms with E-state index in [2.05, 4.69) is 35.4 Å². The van der Waals surface area contributed by atoms with Gasteiger partial charge in [0.2, 0.25) is 5.91 Å². The predicted molar refractivity (Wildman–Crippen MR) is 114 cm³/mol. The number of ketones is 1. The van der Waals surface area contributed by atoms with Gasteiger partial charge in [-0.2, -0.15) is 5.10 Å². The van der Waals surface area contributed by atoms with Crippen LogP contribution in [0.2, 0.25) is 0 Å². The lowest BCUT2D eigenvalue weighted by molar-refractivity contribution is -0.124. The largest absolute Gasteiger partial charge is 0.300 e. The number of anilines is 1. The van der Waals surface area contributed by atoms with Crippen molar-refractivity contribution in [2.75, 3.05) is 11.4 Å². The maximum Gasteiger partial charge on any atom is 0.228 e. The van der Waals surface area contributed by atoms with E-state index in [1.54, 1.807) is 0 Å². The summed E-state index contributed by atoms with van der Waals surface area (Å²) in [7, 11) is 0. The fourth-order valence-corrected chi connectivity index (χ4v) is 4.89. The Labute approximate surface area is 173 Å². The molecule has 0 unspecified atom stereocenters. The molecule has 1 aliphatic heterocycles. The van der Waals surface area contributed by atoms with Crippen LogP contribution in [0, 0.1) is 12.8 Å². The molecule has 0 atom stereocenters. The summed E-state index contributed by atoms with van der Waals surface area (Å²) in [4.78, 5) is 27.0. The van der Waals surface area contributed by atoms with Crippen LogP contribution in [0.3, 0.4) is 0 Å². The number of fused-ring (bicyclic) bond motifs is 1. The van der Waals surface area contributed by atoms with Crippen molar-refractivity contribution in [2.45, 2.75) is 70.8 Å². The molecular weight excluding hydrogens is 362 g/mol. The highest BCUT2D eigenvalue weighted by Crippen LogP contribution is 2.37. The highest BCUT2D eigenvalue weighted by Gasteiger charge is 2.26. The number of nitrogens with zero attached hydrogens (tertiary/aromatic N) is 3. The van der Waals surface area contributed by atoms with E-state index in [0.717, 1.165) is 56.7 Å². The number of hydrogen-bond donors (Lipinski definition) is 0. The minimum Gasteiger partial charge on any atom is -0.300 e. The van der Waals surface area contributed by atoms with Gasteiger partial charge in [-0.3, -0.25) is 14.5 Å². The zero-order valence-corrected chi connectivity index (χ0v) is 17.3. The number of Topliss-reactive ketones (excluding diaryl/α,β-unsaturated/α-hetero) is 1. The van der Waals surface area contributed by atoms with Crippen molar-refractivity contribution in [1.29, 1.82) is 0 Å². The smallest absolute Gasteiger partial charge is 0.228 e. The molecule has 2 aliphatic rings. The monoisotopic (exact) mass is 393 g/mol. The van der Waals surface area contributed by atoms with E-state index in [1.165, 1.54) is 5.56 Å². The van der Waals surface area contributed by atoms with Crippen LogP contribution in [0.25, 0.3) is 0 Å². The van der Waals surface area contributed by atoms with Gasteiger partial charge in [-0.1, -0.05) is 30.3 Å². The lowest BCUT2D eigenvalue weighted by atomic mass is 9.77. The first-order valence-corrected chi connectivity index (χ1v) is 11.0. The highest BCUT2D eigenvalue weighted by atomic mass is 16.2. The Morgan fingerprint density at radius 1 is 1.03 bits per heavy atom. The van der Waals surface area contributed by atoms with Crippen LogP contribution in [-0.2, 0) is 16.1 Å². The Bertz CT molecular complexity index is 850. The second-order valence-electron chi connectivity index (χ2n) is 8.64. The molecule has 2 aromatic rings. The van der Waals surface area contributed by atoms with Gasteiger partial charge in [-0.15, -0.1) is 0 Å². The molecule has 0 saturated heterocycles. The maximum atomic E-state index is 12.7. The van der Waals surface area contributed by atoms with Crippen LogP contribution in [0.5, 0.6) is 0 Å². The summed E-state index contributed by atoms with van der Waals surface area (Å²) in [6.07, 6.45) is 6.78. The van der Waals surface area contributed by atoms with Crippen molar-refractivity contribution in [2.24, 2.45) is 5.92 Å². The summed E-state index contributed by atoms with van der Waals surface area (Å²) in [5.74, 6) is 2.29. The molecule has 5 nitrogen and oxygen atoms in total. The van der Waals surface area contributed by atoms with Gasteiger partial charge in [0.1, 0.15) is 11.6 Å². The van der Waals surface area contributed by atoms with Crippen molar-refractivity contribution >= 4 is 17.5 Å². The zero-order chi connectivity index (χ0) is 20.2. The third kappa shape index (κ3) is 4.77. The molecule has 2 heterocycles. The topological polar surface area (TPSA) is 55.2 Å². The number of hydrogen-bond acceptors (Lipinski definition) is 3. The molecular formula is C24H31N3O2. The molecule has 1 aliphatic carbocycles. The molecule has 1 aromatic carbocycles. The summed E-state index contributed by atoms with van der Waals surface area (Å²) in [6.45, 7) is 3.53. The number of rotatable bonds is 6. The Morgan fingerprint density at radius 2 is 1.79 bits per heavy atom. The minimum atomic E-state index is 0.0481.